The molecule has 0 aliphatic rings. The number of nitrogens with one attached hydrogen (secondary N) is 1. The van der Waals surface area contributed by atoms with Gasteiger partial charge in [-0.1, -0.05) is 30.3 Å². The maximum atomic E-state index is 10.8. The first kappa shape index (κ1) is 15.3. The number of thiol groups is 1. The molecule has 0 amide bonds. The second-order valence-electron chi connectivity index (χ2n) is 3.37. The lowest BCUT2D eigenvalue weighted by Gasteiger charge is -2.18. The van der Waals surface area contributed by atoms with E-state index in [-0.39, 0.29) is 24.2 Å². The Bertz CT molecular complexity index is 321. The number of carboxylic acid groups (broad SMARTS) is 1. The van der Waals surface area contributed by atoms with E-state index in [4.69, 9.17) is 5.11 Å². The first-order valence-corrected chi connectivity index (χ1v) is 5.43. The van der Waals surface area contributed by atoms with Gasteiger partial charge in [0.1, 0.15) is 6.04 Å². The maximum Gasteiger partial charge on any atom is 0.321 e. The molecule has 0 heterocycles. The van der Waals surface area contributed by atoms with Crippen molar-refractivity contribution in [2.45, 2.75) is 19.0 Å². The van der Waals surface area contributed by atoms with E-state index in [0.717, 1.165) is 5.56 Å². The van der Waals surface area contributed by atoms with Gasteiger partial charge in [0, 0.05) is 11.8 Å². The molecule has 0 fully saturated rings. The Kier molecular flexibility index (Phi) is 7.21. The van der Waals surface area contributed by atoms with Crippen LogP contribution in [0.15, 0.2) is 30.3 Å². The first-order valence-electron chi connectivity index (χ1n) is 4.79. The van der Waals surface area contributed by atoms with Crippen LogP contribution >= 0.6 is 25.0 Å². The molecule has 16 heavy (non-hydrogen) atoms. The van der Waals surface area contributed by atoms with Gasteiger partial charge in [-0.25, -0.2) is 0 Å². The number of aliphatic carboxylic acids is 1. The standard InChI is InChI=1S/C11H15NO2S.ClH/c1-8(9-5-3-2-4-6-9)12-10(7-15)11(13)14;/h2-6,8,10,12,15H,7H2,1H3,(H,13,14);1H. The molecule has 2 unspecified atom stereocenters. The number of halogens is 1. The van der Waals surface area contributed by atoms with Gasteiger partial charge in [-0.05, 0) is 12.5 Å². The number of carbonyl (C=O) groups is 1. The molecular weight excluding hydrogens is 246 g/mol. The molecule has 1 rings (SSSR count). The maximum absolute atomic E-state index is 10.8. The van der Waals surface area contributed by atoms with Gasteiger partial charge >= 0.3 is 5.97 Å². The topological polar surface area (TPSA) is 49.3 Å². The van der Waals surface area contributed by atoms with E-state index in [9.17, 15) is 4.79 Å². The van der Waals surface area contributed by atoms with Gasteiger partial charge in [-0.2, -0.15) is 12.6 Å². The van der Waals surface area contributed by atoms with Crippen molar-refractivity contribution in [3.05, 3.63) is 35.9 Å². The number of carboxylic acids is 1. The molecule has 2 atom stereocenters. The van der Waals surface area contributed by atoms with Crippen molar-refractivity contribution in [3.63, 3.8) is 0 Å². The Morgan fingerprint density at radius 1 is 1.44 bits per heavy atom. The van der Waals surface area contributed by atoms with Gasteiger partial charge < -0.3 is 5.11 Å². The molecule has 0 aliphatic heterocycles. The van der Waals surface area contributed by atoms with Gasteiger partial charge in [0.15, 0.2) is 0 Å². The van der Waals surface area contributed by atoms with Crippen LogP contribution in [0.5, 0.6) is 0 Å². The third kappa shape index (κ3) is 4.43. The van der Waals surface area contributed by atoms with E-state index in [1.54, 1.807) is 0 Å². The second kappa shape index (κ2) is 7.54. The van der Waals surface area contributed by atoms with Gasteiger partial charge in [-0.3, -0.25) is 10.1 Å². The van der Waals surface area contributed by atoms with Gasteiger partial charge in [0.05, 0.1) is 0 Å². The molecule has 0 spiro atoms. The summed E-state index contributed by atoms with van der Waals surface area (Å²) < 4.78 is 0. The van der Waals surface area contributed by atoms with E-state index < -0.39 is 12.0 Å². The Balaban J connectivity index is 0.00000225. The molecule has 0 bridgehead atoms. The zero-order valence-corrected chi connectivity index (χ0v) is 10.7. The summed E-state index contributed by atoms with van der Waals surface area (Å²) in [5, 5.41) is 11.9. The highest BCUT2D eigenvalue weighted by atomic mass is 35.5. The molecule has 90 valence electrons. The molecule has 3 nitrogen and oxygen atoms in total. The summed E-state index contributed by atoms with van der Waals surface area (Å²) in [6, 6.07) is 9.14. The normalized spacial score (nSPS) is 13.6. The predicted molar refractivity (Wildman–Crippen MR) is 70.5 cm³/mol. The Morgan fingerprint density at radius 3 is 2.44 bits per heavy atom. The van der Waals surface area contributed by atoms with Crippen LogP contribution in [-0.4, -0.2) is 22.9 Å². The molecule has 0 saturated heterocycles. The van der Waals surface area contributed by atoms with Crippen LogP contribution in [-0.2, 0) is 4.79 Å². The molecular formula is C11H16ClNO2S. The van der Waals surface area contributed by atoms with Crippen molar-refractivity contribution in [2.24, 2.45) is 0 Å². The van der Waals surface area contributed by atoms with Crippen LogP contribution in [0.3, 0.4) is 0 Å². The summed E-state index contributed by atoms with van der Waals surface area (Å²) in [6.07, 6.45) is 0. The average molecular weight is 262 g/mol. The van der Waals surface area contributed by atoms with Crippen molar-refractivity contribution >= 4 is 31.0 Å². The zero-order valence-electron chi connectivity index (χ0n) is 8.96. The Labute approximate surface area is 107 Å². The minimum Gasteiger partial charge on any atom is -0.480 e. The largest absolute Gasteiger partial charge is 0.480 e. The van der Waals surface area contributed by atoms with E-state index in [0.29, 0.717) is 0 Å². The van der Waals surface area contributed by atoms with E-state index >= 15 is 0 Å². The van der Waals surface area contributed by atoms with E-state index in [1.165, 1.54) is 0 Å². The van der Waals surface area contributed by atoms with Crippen LogP contribution in [0.25, 0.3) is 0 Å². The summed E-state index contributed by atoms with van der Waals surface area (Å²) in [6.45, 7) is 1.94. The van der Waals surface area contributed by atoms with Gasteiger partial charge in [0.2, 0.25) is 0 Å². The number of hydrogen-bond acceptors (Lipinski definition) is 3. The Hall–Kier alpha value is -0.710. The highest BCUT2D eigenvalue weighted by Crippen LogP contribution is 2.12. The monoisotopic (exact) mass is 261 g/mol. The van der Waals surface area contributed by atoms with Crippen molar-refractivity contribution in [2.75, 3.05) is 5.75 Å². The summed E-state index contributed by atoms with van der Waals surface area (Å²) in [7, 11) is 0. The summed E-state index contributed by atoms with van der Waals surface area (Å²) in [4.78, 5) is 10.8. The molecule has 0 radical (unpaired) electrons. The molecule has 0 saturated carbocycles. The minimum atomic E-state index is -0.868. The fourth-order valence-electron chi connectivity index (χ4n) is 1.34. The molecule has 0 aromatic heterocycles. The average Bonchev–Trinajstić information content (AvgIpc) is 2.26. The smallest absolute Gasteiger partial charge is 0.321 e. The van der Waals surface area contributed by atoms with Crippen molar-refractivity contribution in [1.29, 1.82) is 0 Å². The molecule has 2 N–H and O–H groups in total. The van der Waals surface area contributed by atoms with Crippen molar-refractivity contribution in [3.8, 4) is 0 Å². The lowest BCUT2D eigenvalue weighted by molar-refractivity contribution is -0.139. The second-order valence-corrected chi connectivity index (χ2v) is 3.74. The Morgan fingerprint density at radius 2 is 2.00 bits per heavy atom. The lowest BCUT2D eigenvalue weighted by atomic mass is 10.1. The van der Waals surface area contributed by atoms with Gasteiger partial charge in [-0.15, -0.1) is 12.4 Å². The van der Waals surface area contributed by atoms with Crippen LogP contribution in [0, 0.1) is 0 Å². The fourth-order valence-corrected chi connectivity index (χ4v) is 1.60. The van der Waals surface area contributed by atoms with Crippen molar-refractivity contribution < 1.29 is 9.90 Å². The van der Waals surface area contributed by atoms with Crippen LogP contribution < -0.4 is 5.32 Å². The summed E-state index contributed by atoms with van der Waals surface area (Å²) >= 11 is 4.00. The van der Waals surface area contributed by atoms with Crippen LogP contribution in [0.2, 0.25) is 0 Å². The molecule has 1 aromatic carbocycles. The predicted octanol–water partition coefficient (Wildman–Crippen LogP) is 2.14. The highest BCUT2D eigenvalue weighted by Gasteiger charge is 2.17. The lowest BCUT2D eigenvalue weighted by Crippen LogP contribution is -2.39. The van der Waals surface area contributed by atoms with Gasteiger partial charge in [0.25, 0.3) is 0 Å². The first-order chi connectivity index (χ1) is 7.15. The molecule has 5 heteroatoms. The van der Waals surface area contributed by atoms with Crippen molar-refractivity contribution in [1.82, 2.24) is 5.32 Å². The van der Waals surface area contributed by atoms with Crippen LogP contribution in [0.1, 0.15) is 18.5 Å². The minimum absolute atomic E-state index is 0. The van der Waals surface area contributed by atoms with Crippen LogP contribution in [0.4, 0.5) is 0 Å². The third-order valence-corrected chi connectivity index (χ3v) is 2.60. The van der Waals surface area contributed by atoms with E-state index in [2.05, 4.69) is 17.9 Å². The third-order valence-electron chi connectivity index (χ3n) is 2.23. The SMILES string of the molecule is CC(NC(CS)C(=O)O)c1ccccc1.Cl. The number of rotatable bonds is 5. The zero-order chi connectivity index (χ0) is 11.3. The summed E-state index contributed by atoms with van der Waals surface area (Å²) in [5.41, 5.74) is 1.07. The molecule has 1 aromatic rings. The molecule has 0 aliphatic carbocycles. The quantitative estimate of drug-likeness (QED) is 0.712. The fraction of sp³-hybridized carbons (Fsp3) is 0.364. The number of hydrogen-bond donors (Lipinski definition) is 3. The highest BCUT2D eigenvalue weighted by molar-refractivity contribution is 7.80. The number of benzene rings is 1. The summed E-state index contributed by atoms with van der Waals surface area (Å²) in [5.74, 6) is -0.584. The van der Waals surface area contributed by atoms with E-state index in [1.807, 2.05) is 37.3 Å².